The molecule has 1 aromatic carbocycles. The lowest BCUT2D eigenvalue weighted by Gasteiger charge is -2.07. The van der Waals surface area contributed by atoms with Crippen molar-refractivity contribution in [2.75, 3.05) is 6.61 Å². The number of benzene rings is 1. The quantitative estimate of drug-likeness (QED) is 0.595. The van der Waals surface area contributed by atoms with Crippen LogP contribution in [0.15, 0.2) is 24.3 Å². The fraction of sp³-hybridized carbons (Fsp3) is 0.474. The number of rotatable bonds is 4. The fourth-order valence-electron chi connectivity index (χ4n) is 3.36. The lowest BCUT2D eigenvalue weighted by Crippen LogP contribution is -2.16. The Morgan fingerprint density at radius 1 is 1.15 bits per heavy atom. The maximum atomic E-state index is 12.8. The second kappa shape index (κ2) is 7.51. The van der Waals surface area contributed by atoms with E-state index in [1.807, 2.05) is 0 Å². The van der Waals surface area contributed by atoms with Crippen LogP contribution in [-0.4, -0.2) is 22.4 Å². The molecule has 1 heterocycles. The van der Waals surface area contributed by atoms with Crippen molar-refractivity contribution in [3.05, 3.63) is 41.1 Å². The molecule has 0 saturated heterocycles. The maximum absolute atomic E-state index is 12.8. The summed E-state index contributed by atoms with van der Waals surface area (Å²) in [5, 5.41) is 4.55. The van der Waals surface area contributed by atoms with E-state index in [-0.39, 0.29) is 12.5 Å². The average molecular weight is 366 g/mol. The molecule has 1 aliphatic carbocycles. The van der Waals surface area contributed by atoms with E-state index in [2.05, 4.69) is 5.10 Å². The molecule has 140 valence electrons. The molecule has 0 radical (unpaired) electrons. The molecular formula is C19H21F3N2O2. The summed E-state index contributed by atoms with van der Waals surface area (Å²) >= 11 is 0. The maximum Gasteiger partial charge on any atom is 0.416 e. The molecule has 0 aliphatic heterocycles. The number of alkyl halides is 3. The molecule has 3 rings (SSSR count). The first-order chi connectivity index (χ1) is 12.4. The van der Waals surface area contributed by atoms with Gasteiger partial charge in [-0.2, -0.15) is 18.3 Å². The van der Waals surface area contributed by atoms with Crippen molar-refractivity contribution in [3.8, 4) is 11.3 Å². The van der Waals surface area contributed by atoms with Crippen molar-refractivity contribution in [1.29, 1.82) is 0 Å². The van der Waals surface area contributed by atoms with Crippen LogP contribution in [0.4, 0.5) is 13.2 Å². The van der Waals surface area contributed by atoms with Gasteiger partial charge in [0.25, 0.3) is 0 Å². The zero-order valence-corrected chi connectivity index (χ0v) is 14.6. The van der Waals surface area contributed by atoms with Gasteiger partial charge in [-0.15, -0.1) is 0 Å². The second-order valence-corrected chi connectivity index (χ2v) is 6.37. The number of esters is 1. The molecule has 1 aromatic heterocycles. The van der Waals surface area contributed by atoms with Crippen molar-refractivity contribution >= 4 is 5.97 Å². The first kappa shape index (κ1) is 18.5. The molecule has 7 heteroatoms. The number of fused-ring (bicyclic) bond motifs is 1. The van der Waals surface area contributed by atoms with Crippen molar-refractivity contribution in [2.24, 2.45) is 0 Å². The number of hydrogen-bond donors (Lipinski definition) is 0. The largest absolute Gasteiger partial charge is 0.465 e. The highest BCUT2D eigenvalue weighted by Gasteiger charge is 2.30. The molecule has 0 N–H and O–H groups in total. The van der Waals surface area contributed by atoms with Crippen LogP contribution in [0.3, 0.4) is 0 Å². The number of halogens is 3. The Balaban J connectivity index is 1.98. The third kappa shape index (κ3) is 3.92. The summed E-state index contributed by atoms with van der Waals surface area (Å²) in [6.07, 6.45) is 0.357. The minimum Gasteiger partial charge on any atom is -0.465 e. The van der Waals surface area contributed by atoms with Gasteiger partial charge in [-0.25, -0.2) is 0 Å². The number of carbonyl (C=O) groups excluding carboxylic acids is 1. The van der Waals surface area contributed by atoms with E-state index in [9.17, 15) is 18.0 Å². The van der Waals surface area contributed by atoms with E-state index < -0.39 is 11.7 Å². The van der Waals surface area contributed by atoms with Gasteiger partial charge in [-0.1, -0.05) is 18.6 Å². The summed E-state index contributed by atoms with van der Waals surface area (Å²) in [4.78, 5) is 11.9. The molecule has 0 bridgehead atoms. The van der Waals surface area contributed by atoms with E-state index in [1.165, 1.54) is 12.1 Å². The number of hydrogen-bond acceptors (Lipinski definition) is 3. The summed E-state index contributed by atoms with van der Waals surface area (Å²) in [6.45, 7) is 2.07. The van der Waals surface area contributed by atoms with E-state index in [1.54, 1.807) is 11.6 Å². The summed E-state index contributed by atoms with van der Waals surface area (Å²) in [6, 6.07) is 5.04. The third-order valence-corrected chi connectivity index (χ3v) is 4.58. The molecule has 0 unspecified atom stereocenters. The summed E-state index contributed by atoms with van der Waals surface area (Å²) in [5.74, 6) is -0.360. The summed E-state index contributed by atoms with van der Waals surface area (Å²) in [7, 11) is 0. The fourth-order valence-corrected chi connectivity index (χ4v) is 3.36. The summed E-state index contributed by atoms with van der Waals surface area (Å²) in [5.41, 5.74) is 2.65. The van der Waals surface area contributed by atoms with Gasteiger partial charge in [0.1, 0.15) is 6.54 Å². The lowest BCUT2D eigenvalue weighted by atomic mass is 10.0. The number of aromatic nitrogens is 2. The topological polar surface area (TPSA) is 44.1 Å². The molecule has 0 amide bonds. The molecule has 4 nitrogen and oxygen atoms in total. The lowest BCUT2D eigenvalue weighted by molar-refractivity contribution is -0.144. The second-order valence-electron chi connectivity index (χ2n) is 6.37. The molecule has 2 aromatic rings. The van der Waals surface area contributed by atoms with Gasteiger partial charge in [-0.3, -0.25) is 9.48 Å². The van der Waals surface area contributed by atoms with Gasteiger partial charge in [0.2, 0.25) is 0 Å². The van der Waals surface area contributed by atoms with Gasteiger partial charge in [0, 0.05) is 16.8 Å². The highest BCUT2D eigenvalue weighted by Crippen LogP contribution is 2.34. The highest BCUT2D eigenvalue weighted by molar-refractivity contribution is 5.70. The SMILES string of the molecule is CCOC(=O)Cn1nc(-c2ccc(C(F)(F)F)cc2)c2c1CCCCC2. The van der Waals surface area contributed by atoms with Gasteiger partial charge in [-0.05, 0) is 44.7 Å². The number of nitrogens with zero attached hydrogens (tertiary/aromatic N) is 2. The van der Waals surface area contributed by atoms with Crippen molar-refractivity contribution in [1.82, 2.24) is 9.78 Å². The molecule has 0 spiro atoms. The third-order valence-electron chi connectivity index (χ3n) is 4.58. The van der Waals surface area contributed by atoms with E-state index in [0.717, 1.165) is 55.5 Å². The predicted octanol–water partition coefficient (Wildman–Crippen LogP) is 4.40. The van der Waals surface area contributed by atoms with Crippen LogP contribution in [0.1, 0.15) is 43.0 Å². The normalized spacial score (nSPS) is 14.6. The van der Waals surface area contributed by atoms with Crippen molar-refractivity contribution in [3.63, 3.8) is 0 Å². The van der Waals surface area contributed by atoms with Gasteiger partial charge < -0.3 is 4.74 Å². The van der Waals surface area contributed by atoms with E-state index in [0.29, 0.717) is 17.9 Å². The molecule has 0 atom stereocenters. The number of ether oxygens (including phenoxy) is 1. The Bertz CT molecular complexity index is 779. The monoisotopic (exact) mass is 366 g/mol. The van der Waals surface area contributed by atoms with Crippen LogP contribution >= 0.6 is 0 Å². The van der Waals surface area contributed by atoms with Gasteiger partial charge in [0.15, 0.2) is 0 Å². The van der Waals surface area contributed by atoms with E-state index in [4.69, 9.17) is 4.74 Å². The first-order valence-electron chi connectivity index (χ1n) is 8.82. The van der Waals surface area contributed by atoms with Crippen LogP contribution in [0.5, 0.6) is 0 Å². The Kier molecular flexibility index (Phi) is 5.34. The Labute approximate surface area is 150 Å². The van der Waals surface area contributed by atoms with Crippen LogP contribution < -0.4 is 0 Å². The Morgan fingerprint density at radius 3 is 2.50 bits per heavy atom. The Morgan fingerprint density at radius 2 is 1.85 bits per heavy atom. The predicted molar refractivity (Wildman–Crippen MR) is 90.6 cm³/mol. The zero-order valence-electron chi connectivity index (χ0n) is 14.6. The van der Waals surface area contributed by atoms with Crippen molar-refractivity contribution in [2.45, 2.75) is 51.7 Å². The molecule has 0 saturated carbocycles. The molecule has 26 heavy (non-hydrogen) atoms. The van der Waals surface area contributed by atoms with Crippen LogP contribution in [0.2, 0.25) is 0 Å². The standard InChI is InChI=1S/C19H21F3N2O2/c1-2-26-17(25)12-24-16-7-5-3-4-6-15(16)18(23-24)13-8-10-14(11-9-13)19(20,21)22/h8-11H,2-7,12H2,1H3. The first-order valence-corrected chi connectivity index (χ1v) is 8.82. The smallest absolute Gasteiger partial charge is 0.416 e. The number of carbonyl (C=O) groups is 1. The van der Waals surface area contributed by atoms with Crippen LogP contribution in [0, 0.1) is 0 Å². The average Bonchev–Trinajstić information content (AvgIpc) is 2.77. The van der Waals surface area contributed by atoms with Gasteiger partial charge >= 0.3 is 12.1 Å². The zero-order chi connectivity index (χ0) is 18.7. The van der Waals surface area contributed by atoms with Crippen LogP contribution in [0.25, 0.3) is 11.3 Å². The Hall–Kier alpha value is -2.31. The minimum absolute atomic E-state index is 0.0246. The van der Waals surface area contributed by atoms with Crippen molar-refractivity contribution < 1.29 is 22.7 Å². The van der Waals surface area contributed by atoms with Crippen LogP contribution in [-0.2, 0) is 35.1 Å². The molecular weight excluding hydrogens is 345 g/mol. The molecule has 1 aliphatic rings. The highest BCUT2D eigenvalue weighted by atomic mass is 19.4. The van der Waals surface area contributed by atoms with Gasteiger partial charge in [0.05, 0.1) is 17.9 Å². The summed E-state index contributed by atoms with van der Waals surface area (Å²) < 4.78 is 45.1. The molecule has 0 fully saturated rings. The van der Waals surface area contributed by atoms with E-state index >= 15 is 0 Å². The minimum atomic E-state index is -4.36.